The van der Waals surface area contributed by atoms with Crippen LogP contribution < -0.4 is 5.32 Å². The quantitative estimate of drug-likeness (QED) is 0.322. The summed E-state index contributed by atoms with van der Waals surface area (Å²) in [5.74, 6) is -1.09. The van der Waals surface area contributed by atoms with Crippen LogP contribution in [0.2, 0.25) is 5.02 Å². The van der Waals surface area contributed by atoms with Crippen molar-refractivity contribution >= 4 is 17.5 Å². The standard InChI is InChI=1S/C26H24ClFN4O3/c1-35-24(15-33)22(13-18-5-2-3-12-29-18)30-26(34)19-6-4-7-20(28)25(19)23-14-21(31-32-23)16-8-10-17(27)11-9-16/h2-12,14,22,24,33H,13,15H2,1H3,(H,30,34)(H,31,32)/t22-,24-/m1/s1. The third-order valence-electron chi connectivity index (χ3n) is 5.65. The number of ether oxygens (including phenoxy) is 1. The van der Waals surface area contributed by atoms with Gasteiger partial charge in [-0.3, -0.25) is 14.9 Å². The Hall–Kier alpha value is -3.59. The highest BCUT2D eigenvalue weighted by Gasteiger charge is 2.26. The minimum atomic E-state index is -0.679. The lowest BCUT2D eigenvalue weighted by molar-refractivity contribution is 0.0214. The van der Waals surface area contributed by atoms with E-state index in [0.29, 0.717) is 28.5 Å². The van der Waals surface area contributed by atoms with Crippen molar-refractivity contribution < 1.29 is 19.0 Å². The molecule has 0 fully saturated rings. The summed E-state index contributed by atoms with van der Waals surface area (Å²) in [4.78, 5) is 17.7. The fourth-order valence-electron chi connectivity index (χ4n) is 3.84. The van der Waals surface area contributed by atoms with Gasteiger partial charge in [0.1, 0.15) is 11.9 Å². The smallest absolute Gasteiger partial charge is 0.252 e. The molecule has 9 heteroatoms. The van der Waals surface area contributed by atoms with Crippen molar-refractivity contribution in [2.24, 2.45) is 0 Å². The number of H-pyrrole nitrogens is 1. The zero-order valence-electron chi connectivity index (χ0n) is 18.9. The van der Waals surface area contributed by atoms with Crippen LogP contribution >= 0.6 is 11.6 Å². The summed E-state index contributed by atoms with van der Waals surface area (Å²) in [6.45, 7) is -0.310. The zero-order valence-corrected chi connectivity index (χ0v) is 19.7. The van der Waals surface area contributed by atoms with Crippen molar-refractivity contribution in [2.45, 2.75) is 18.6 Å². The molecule has 180 valence electrons. The van der Waals surface area contributed by atoms with E-state index in [1.807, 2.05) is 12.1 Å². The van der Waals surface area contributed by atoms with Gasteiger partial charge in [-0.2, -0.15) is 5.10 Å². The van der Waals surface area contributed by atoms with Gasteiger partial charge in [-0.05, 0) is 42.5 Å². The molecule has 7 nitrogen and oxygen atoms in total. The number of aromatic amines is 1. The van der Waals surface area contributed by atoms with E-state index < -0.39 is 23.9 Å². The number of hydrogen-bond acceptors (Lipinski definition) is 5. The molecule has 0 unspecified atom stereocenters. The number of carbonyl (C=O) groups excluding carboxylic acids is 1. The lowest BCUT2D eigenvalue weighted by atomic mass is 10.00. The van der Waals surface area contributed by atoms with Gasteiger partial charge in [0, 0.05) is 41.6 Å². The van der Waals surface area contributed by atoms with Crippen molar-refractivity contribution in [3.05, 3.63) is 95.0 Å². The van der Waals surface area contributed by atoms with Crippen molar-refractivity contribution in [3.8, 4) is 22.5 Å². The number of pyridine rings is 1. The third-order valence-corrected chi connectivity index (χ3v) is 5.90. The van der Waals surface area contributed by atoms with Crippen LogP contribution in [0.3, 0.4) is 0 Å². The van der Waals surface area contributed by atoms with Gasteiger partial charge in [-0.1, -0.05) is 35.9 Å². The van der Waals surface area contributed by atoms with Gasteiger partial charge < -0.3 is 15.2 Å². The topological polar surface area (TPSA) is 100 Å². The maximum absolute atomic E-state index is 15.0. The molecule has 0 saturated heterocycles. The predicted molar refractivity (Wildman–Crippen MR) is 132 cm³/mol. The summed E-state index contributed by atoms with van der Waals surface area (Å²) in [5, 5.41) is 20.4. The number of methoxy groups -OCH3 is 1. The van der Waals surface area contributed by atoms with Crippen LogP contribution in [-0.4, -0.2) is 52.1 Å². The third kappa shape index (κ3) is 5.74. The Labute approximate surface area is 206 Å². The molecular weight excluding hydrogens is 471 g/mol. The van der Waals surface area contributed by atoms with Crippen LogP contribution in [-0.2, 0) is 11.2 Å². The maximum atomic E-state index is 15.0. The number of aliphatic hydroxyl groups is 1. The van der Waals surface area contributed by atoms with Crippen LogP contribution in [0, 0.1) is 5.82 Å². The first-order chi connectivity index (χ1) is 17.0. The van der Waals surface area contributed by atoms with Crippen molar-refractivity contribution in [1.82, 2.24) is 20.5 Å². The number of amides is 1. The molecule has 0 aliphatic carbocycles. The molecule has 0 aliphatic heterocycles. The first-order valence-corrected chi connectivity index (χ1v) is 11.3. The lowest BCUT2D eigenvalue weighted by Gasteiger charge is -2.26. The molecule has 1 amide bonds. The van der Waals surface area contributed by atoms with E-state index in [0.717, 1.165) is 5.56 Å². The number of hydrogen-bond donors (Lipinski definition) is 3. The molecule has 2 aromatic carbocycles. The Kier molecular flexibility index (Phi) is 7.87. The maximum Gasteiger partial charge on any atom is 0.252 e. The van der Waals surface area contributed by atoms with Gasteiger partial charge in [-0.25, -0.2) is 4.39 Å². The van der Waals surface area contributed by atoms with Gasteiger partial charge in [0.05, 0.1) is 29.6 Å². The SMILES string of the molecule is CO[C@H](CO)[C@@H](Cc1ccccn1)NC(=O)c1cccc(F)c1-c1cc(-c2ccc(Cl)cc2)n[nH]1. The van der Waals surface area contributed by atoms with Crippen molar-refractivity contribution in [2.75, 3.05) is 13.7 Å². The number of rotatable bonds is 9. The average Bonchev–Trinajstić information content (AvgIpc) is 3.35. The number of nitrogens with zero attached hydrogens (tertiary/aromatic N) is 2. The number of carbonyl (C=O) groups is 1. The van der Waals surface area contributed by atoms with Crippen LogP contribution in [0.15, 0.2) is 72.9 Å². The molecule has 4 aromatic rings. The van der Waals surface area contributed by atoms with Crippen molar-refractivity contribution in [1.29, 1.82) is 0 Å². The number of aromatic nitrogens is 3. The molecule has 0 saturated carbocycles. The van der Waals surface area contributed by atoms with Gasteiger partial charge in [-0.15, -0.1) is 0 Å². The fourth-order valence-corrected chi connectivity index (χ4v) is 3.96. The Balaban J connectivity index is 1.64. The Morgan fingerprint density at radius 2 is 1.97 bits per heavy atom. The summed E-state index contributed by atoms with van der Waals surface area (Å²) < 4.78 is 20.4. The summed E-state index contributed by atoms with van der Waals surface area (Å²) in [5.41, 5.74) is 2.65. The minimum absolute atomic E-state index is 0.0901. The number of nitrogens with one attached hydrogen (secondary N) is 2. The molecule has 4 rings (SSSR count). The summed E-state index contributed by atoms with van der Waals surface area (Å²) >= 11 is 5.96. The Morgan fingerprint density at radius 1 is 1.17 bits per heavy atom. The number of aliphatic hydroxyl groups excluding tert-OH is 1. The molecule has 3 N–H and O–H groups in total. The molecular formula is C26H24ClFN4O3. The van der Waals surface area contributed by atoms with E-state index in [1.54, 1.807) is 42.6 Å². The highest BCUT2D eigenvalue weighted by atomic mass is 35.5. The summed E-state index contributed by atoms with van der Waals surface area (Å²) in [6, 6.07) is 17.9. The molecule has 2 heterocycles. The molecule has 35 heavy (non-hydrogen) atoms. The largest absolute Gasteiger partial charge is 0.394 e. The van der Waals surface area contributed by atoms with Crippen LogP contribution in [0.4, 0.5) is 4.39 Å². The van der Waals surface area contributed by atoms with Gasteiger partial charge in [0.2, 0.25) is 0 Å². The van der Waals surface area contributed by atoms with Crippen LogP contribution in [0.25, 0.3) is 22.5 Å². The normalized spacial score (nSPS) is 12.8. The van der Waals surface area contributed by atoms with Gasteiger partial charge in [0.15, 0.2) is 0 Å². The first-order valence-electron chi connectivity index (χ1n) is 10.9. The second-order valence-electron chi connectivity index (χ2n) is 7.90. The van der Waals surface area contributed by atoms with Gasteiger partial charge in [0.25, 0.3) is 5.91 Å². The van der Waals surface area contributed by atoms with E-state index in [2.05, 4.69) is 20.5 Å². The zero-order chi connectivity index (χ0) is 24.8. The molecule has 2 atom stereocenters. The summed E-state index contributed by atoms with van der Waals surface area (Å²) in [7, 11) is 1.45. The molecule has 0 spiro atoms. The fraction of sp³-hybridized carbons (Fsp3) is 0.192. The van der Waals surface area contributed by atoms with Gasteiger partial charge >= 0.3 is 0 Å². The first kappa shape index (κ1) is 24.5. The number of halogens is 2. The highest BCUT2D eigenvalue weighted by Crippen LogP contribution is 2.29. The molecule has 0 radical (unpaired) electrons. The second-order valence-corrected chi connectivity index (χ2v) is 8.33. The predicted octanol–water partition coefficient (Wildman–Crippen LogP) is 4.28. The highest BCUT2D eigenvalue weighted by molar-refractivity contribution is 6.30. The second kappa shape index (κ2) is 11.2. The molecule has 0 aliphatic rings. The van der Waals surface area contributed by atoms with Crippen molar-refractivity contribution in [3.63, 3.8) is 0 Å². The Morgan fingerprint density at radius 3 is 2.66 bits per heavy atom. The van der Waals surface area contributed by atoms with Crippen LogP contribution in [0.5, 0.6) is 0 Å². The van der Waals surface area contributed by atoms with E-state index in [4.69, 9.17) is 16.3 Å². The Bertz CT molecular complexity index is 1280. The summed E-state index contributed by atoms with van der Waals surface area (Å²) in [6.07, 6.45) is 1.29. The minimum Gasteiger partial charge on any atom is -0.394 e. The molecule has 0 bridgehead atoms. The molecule has 2 aromatic heterocycles. The lowest BCUT2D eigenvalue weighted by Crippen LogP contribution is -2.47. The van der Waals surface area contributed by atoms with E-state index >= 15 is 4.39 Å². The van der Waals surface area contributed by atoms with Crippen LogP contribution in [0.1, 0.15) is 16.1 Å². The van der Waals surface area contributed by atoms with E-state index in [-0.39, 0.29) is 17.7 Å². The monoisotopic (exact) mass is 494 g/mol. The van der Waals surface area contributed by atoms with E-state index in [1.165, 1.54) is 25.3 Å². The number of benzene rings is 2. The average molecular weight is 495 g/mol. The van der Waals surface area contributed by atoms with E-state index in [9.17, 15) is 9.90 Å².